The maximum atomic E-state index is 12.9. The largest absolute Gasteiger partial charge is 0.352 e. The Morgan fingerprint density at radius 3 is 2.37 bits per heavy atom. The van der Waals surface area contributed by atoms with Gasteiger partial charge in [-0.2, -0.15) is 0 Å². The molecule has 3 fully saturated rings. The van der Waals surface area contributed by atoms with Crippen LogP contribution in [0.15, 0.2) is 24.3 Å². The molecule has 0 radical (unpaired) electrons. The van der Waals surface area contributed by atoms with E-state index in [9.17, 15) is 4.79 Å². The van der Waals surface area contributed by atoms with Gasteiger partial charge in [0.15, 0.2) is 0 Å². The monoisotopic (exact) mass is 389 g/mol. The van der Waals surface area contributed by atoms with Crippen molar-refractivity contribution in [2.45, 2.75) is 76.0 Å². The second kappa shape index (κ2) is 8.93. The van der Waals surface area contributed by atoms with Gasteiger partial charge in [-0.1, -0.05) is 36.6 Å². The summed E-state index contributed by atoms with van der Waals surface area (Å²) >= 11 is 5.97. The molecule has 1 aromatic carbocycles. The van der Waals surface area contributed by atoms with Crippen molar-refractivity contribution in [1.82, 2.24) is 15.1 Å². The number of carbonyl (C=O) groups excluding carboxylic acids is 1. The third kappa shape index (κ3) is 4.85. The summed E-state index contributed by atoms with van der Waals surface area (Å²) in [5, 5.41) is 4.17. The normalized spacial score (nSPS) is 25.9. The molecule has 0 spiro atoms. The zero-order valence-corrected chi connectivity index (χ0v) is 17.0. The molecule has 1 amide bonds. The SMILES string of the molecule is O=C(NC1CCN(Cc2ccc(Cl)cc2)CC1)[C@H]1CCCN1C1CCCC1. The van der Waals surface area contributed by atoms with Crippen LogP contribution in [0.25, 0.3) is 0 Å². The highest BCUT2D eigenvalue weighted by molar-refractivity contribution is 6.30. The zero-order chi connectivity index (χ0) is 18.6. The van der Waals surface area contributed by atoms with Gasteiger partial charge in [0.1, 0.15) is 0 Å². The molecule has 0 unspecified atom stereocenters. The second-order valence-electron chi connectivity index (χ2n) is 8.52. The lowest BCUT2D eigenvalue weighted by Gasteiger charge is -2.34. The Kier molecular flexibility index (Phi) is 6.36. The Labute approximate surface area is 168 Å². The topological polar surface area (TPSA) is 35.6 Å². The molecule has 2 saturated heterocycles. The van der Waals surface area contributed by atoms with Crippen molar-refractivity contribution in [2.75, 3.05) is 19.6 Å². The minimum atomic E-state index is 0.125. The number of hydrogen-bond acceptors (Lipinski definition) is 3. The fourth-order valence-corrected chi connectivity index (χ4v) is 5.25. The van der Waals surface area contributed by atoms with Gasteiger partial charge in [0.2, 0.25) is 5.91 Å². The highest BCUT2D eigenvalue weighted by Crippen LogP contribution is 2.30. The molecule has 0 bridgehead atoms. The van der Waals surface area contributed by atoms with Gasteiger partial charge in [-0.15, -0.1) is 0 Å². The average Bonchev–Trinajstić information content (AvgIpc) is 3.36. The molecule has 148 valence electrons. The summed E-state index contributed by atoms with van der Waals surface area (Å²) in [6.45, 7) is 4.17. The number of piperidine rings is 1. The molecule has 4 rings (SSSR count). The fourth-order valence-electron chi connectivity index (χ4n) is 5.12. The third-order valence-electron chi connectivity index (χ3n) is 6.64. The molecule has 27 heavy (non-hydrogen) atoms. The smallest absolute Gasteiger partial charge is 0.237 e. The van der Waals surface area contributed by atoms with E-state index in [-0.39, 0.29) is 11.9 Å². The summed E-state index contributed by atoms with van der Waals surface area (Å²) in [7, 11) is 0. The maximum absolute atomic E-state index is 12.9. The van der Waals surface area contributed by atoms with E-state index in [1.807, 2.05) is 12.1 Å². The summed E-state index contributed by atoms with van der Waals surface area (Å²) < 4.78 is 0. The number of hydrogen-bond donors (Lipinski definition) is 1. The first-order chi connectivity index (χ1) is 13.2. The first kappa shape index (κ1) is 19.2. The Hall–Kier alpha value is -1.10. The number of likely N-dealkylation sites (tertiary alicyclic amines) is 2. The number of carbonyl (C=O) groups is 1. The summed E-state index contributed by atoms with van der Waals surface area (Å²) in [4.78, 5) is 17.9. The quantitative estimate of drug-likeness (QED) is 0.831. The van der Waals surface area contributed by atoms with Gasteiger partial charge in [0.05, 0.1) is 6.04 Å². The molecule has 0 aromatic heterocycles. The van der Waals surface area contributed by atoms with Crippen LogP contribution in [0.1, 0.15) is 56.9 Å². The van der Waals surface area contributed by atoms with Crippen molar-refractivity contribution in [3.05, 3.63) is 34.9 Å². The van der Waals surface area contributed by atoms with E-state index in [1.54, 1.807) is 0 Å². The molecule has 1 atom stereocenters. The van der Waals surface area contributed by atoms with Crippen molar-refractivity contribution in [2.24, 2.45) is 0 Å². The van der Waals surface area contributed by atoms with Gasteiger partial charge < -0.3 is 5.32 Å². The average molecular weight is 390 g/mol. The van der Waals surface area contributed by atoms with Crippen molar-refractivity contribution in [1.29, 1.82) is 0 Å². The van der Waals surface area contributed by atoms with Gasteiger partial charge in [-0.25, -0.2) is 0 Å². The molecule has 2 heterocycles. The van der Waals surface area contributed by atoms with Gasteiger partial charge >= 0.3 is 0 Å². The predicted molar refractivity (Wildman–Crippen MR) is 110 cm³/mol. The van der Waals surface area contributed by atoms with Crippen LogP contribution in [-0.2, 0) is 11.3 Å². The molecular formula is C22H32ClN3O. The molecule has 1 aliphatic carbocycles. The molecule has 4 nitrogen and oxygen atoms in total. The number of nitrogens with zero attached hydrogens (tertiary/aromatic N) is 2. The molecule has 1 saturated carbocycles. The lowest BCUT2D eigenvalue weighted by molar-refractivity contribution is -0.127. The minimum absolute atomic E-state index is 0.125. The van der Waals surface area contributed by atoms with E-state index in [4.69, 9.17) is 11.6 Å². The summed E-state index contributed by atoms with van der Waals surface area (Å²) in [5.74, 6) is 0.288. The molecular weight excluding hydrogens is 358 g/mol. The van der Waals surface area contributed by atoms with E-state index < -0.39 is 0 Å². The number of halogens is 1. The van der Waals surface area contributed by atoms with Crippen LogP contribution in [0.2, 0.25) is 5.02 Å². The summed E-state index contributed by atoms with van der Waals surface area (Å²) in [5.41, 5.74) is 1.31. The van der Waals surface area contributed by atoms with Crippen molar-refractivity contribution in [3.63, 3.8) is 0 Å². The van der Waals surface area contributed by atoms with Gasteiger partial charge in [0, 0.05) is 36.7 Å². The lowest BCUT2D eigenvalue weighted by atomic mass is 10.0. The van der Waals surface area contributed by atoms with Crippen LogP contribution in [0.3, 0.4) is 0 Å². The van der Waals surface area contributed by atoms with Crippen molar-refractivity contribution < 1.29 is 4.79 Å². The van der Waals surface area contributed by atoms with E-state index >= 15 is 0 Å². The van der Waals surface area contributed by atoms with Crippen LogP contribution in [0.5, 0.6) is 0 Å². The minimum Gasteiger partial charge on any atom is -0.352 e. The predicted octanol–water partition coefficient (Wildman–Crippen LogP) is 3.83. The Balaban J connectivity index is 1.23. The first-order valence-electron chi connectivity index (χ1n) is 10.7. The standard InChI is InChI=1S/C22H32ClN3O/c23-18-9-7-17(8-10-18)16-25-14-11-19(12-15-25)24-22(27)21-6-3-13-26(21)20-4-1-2-5-20/h7-10,19-21H,1-6,11-16H2,(H,24,27)/t21-/m1/s1. The van der Waals surface area contributed by atoms with Crippen LogP contribution in [0.4, 0.5) is 0 Å². The lowest BCUT2D eigenvalue weighted by Crippen LogP contribution is -2.51. The van der Waals surface area contributed by atoms with Gasteiger partial charge in [-0.3, -0.25) is 14.6 Å². The molecule has 1 N–H and O–H groups in total. The van der Waals surface area contributed by atoms with Gasteiger partial charge in [-0.05, 0) is 62.8 Å². The third-order valence-corrected chi connectivity index (χ3v) is 6.90. The van der Waals surface area contributed by atoms with Crippen LogP contribution in [0, 0.1) is 0 Å². The van der Waals surface area contributed by atoms with E-state index in [2.05, 4.69) is 27.2 Å². The Morgan fingerprint density at radius 1 is 0.963 bits per heavy atom. The van der Waals surface area contributed by atoms with E-state index in [1.165, 1.54) is 37.7 Å². The van der Waals surface area contributed by atoms with Crippen LogP contribution >= 0.6 is 11.6 Å². The van der Waals surface area contributed by atoms with Crippen LogP contribution < -0.4 is 5.32 Å². The fraction of sp³-hybridized carbons (Fsp3) is 0.682. The van der Waals surface area contributed by atoms with Crippen LogP contribution in [-0.4, -0.2) is 53.5 Å². The van der Waals surface area contributed by atoms with E-state index in [0.717, 1.165) is 50.5 Å². The summed E-state index contributed by atoms with van der Waals surface area (Å²) in [6.07, 6.45) is 9.56. The number of benzene rings is 1. The first-order valence-corrected chi connectivity index (χ1v) is 11.1. The molecule has 5 heteroatoms. The Morgan fingerprint density at radius 2 is 1.67 bits per heavy atom. The molecule has 1 aromatic rings. The van der Waals surface area contributed by atoms with Crippen molar-refractivity contribution in [3.8, 4) is 0 Å². The van der Waals surface area contributed by atoms with Gasteiger partial charge in [0.25, 0.3) is 0 Å². The molecule has 3 aliphatic rings. The zero-order valence-electron chi connectivity index (χ0n) is 16.2. The summed E-state index contributed by atoms with van der Waals surface area (Å²) in [6, 6.07) is 9.25. The van der Waals surface area contributed by atoms with E-state index in [0.29, 0.717) is 12.1 Å². The van der Waals surface area contributed by atoms with Crippen molar-refractivity contribution >= 4 is 17.5 Å². The number of nitrogens with one attached hydrogen (secondary N) is 1. The number of amides is 1. The molecule has 2 aliphatic heterocycles. The number of rotatable bonds is 5. The highest BCUT2D eigenvalue weighted by Gasteiger charge is 2.37. The maximum Gasteiger partial charge on any atom is 0.237 e. The second-order valence-corrected chi connectivity index (χ2v) is 8.96. The Bertz CT molecular complexity index is 621. The highest BCUT2D eigenvalue weighted by atomic mass is 35.5.